The molecule has 0 atom stereocenters. The van der Waals surface area contributed by atoms with Gasteiger partial charge in [0, 0.05) is 35.1 Å². The number of carbonyl (C=O) groups is 2. The van der Waals surface area contributed by atoms with Crippen molar-refractivity contribution in [3.63, 3.8) is 0 Å². The number of carbonyl (C=O) groups excluding carboxylic acids is 2. The molecule has 0 unspecified atom stereocenters. The molecule has 0 aliphatic rings. The van der Waals surface area contributed by atoms with Crippen LogP contribution in [0.2, 0.25) is 0 Å². The van der Waals surface area contributed by atoms with Crippen LogP contribution in [0.5, 0.6) is 5.75 Å². The van der Waals surface area contributed by atoms with Crippen molar-refractivity contribution in [2.75, 3.05) is 12.4 Å². The highest BCUT2D eigenvalue weighted by Gasteiger charge is 2.21. The molecular formula is C28H27N2O3+. The number of hydrogen-bond donors (Lipinski definition) is 1. The molecule has 0 amide bonds. The molecule has 0 spiro atoms. The zero-order valence-corrected chi connectivity index (χ0v) is 18.7. The predicted octanol–water partition coefficient (Wildman–Crippen LogP) is 4.48. The molecule has 166 valence electrons. The monoisotopic (exact) mass is 439 g/mol. The first kappa shape index (κ1) is 22.2. The average molecular weight is 440 g/mol. The summed E-state index contributed by atoms with van der Waals surface area (Å²) in [6.07, 6.45) is 2.24. The molecule has 4 rings (SSSR count). The van der Waals surface area contributed by atoms with E-state index in [-0.39, 0.29) is 0 Å². The number of rotatable bonds is 9. The Morgan fingerprint density at radius 1 is 0.818 bits per heavy atom. The molecule has 33 heavy (non-hydrogen) atoms. The third kappa shape index (κ3) is 4.93. The maximum Gasteiger partial charge on any atom is 0.242 e. The summed E-state index contributed by atoms with van der Waals surface area (Å²) in [5.41, 5.74) is 3.68. The Balaban J connectivity index is 1.47. The van der Waals surface area contributed by atoms with Crippen molar-refractivity contribution in [2.24, 2.45) is 0 Å². The summed E-state index contributed by atoms with van der Waals surface area (Å²) < 4.78 is 7.13. The van der Waals surface area contributed by atoms with E-state index in [0.717, 1.165) is 35.0 Å². The van der Waals surface area contributed by atoms with Gasteiger partial charge in [-0.25, -0.2) is 5.84 Å². The molecule has 0 aliphatic heterocycles. The second-order valence-corrected chi connectivity index (χ2v) is 7.88. The van der Waals surface area contributed by atoms with E-state index in [1.165, 1.54) is 0 Å². The summed E-state index contributed by atoms with van der Waals surface area (Å²) in [4.78, 5) is 25.8. The normalized spacial score (nSPS) is 10.8. The minimum Gasteiger partial charge on any atom is -0.494 e. The standard InChI is InChI=1S/C28H27N2O3/c1-2-33-24-18-15-22(16-19-24)27(31)28(32)25-12-5-3-8-20(25)10-7-11-23-17-14-21-9-4-6-13-26(21)30(23)29/h3-6,8-9,12-19H,2,7,10-11,29H2,1H3/q+1. The molecule has 5 heteroatoms. The molecule has 0 saturated carbocycles. The number of ether oxygens (including phenoxy) is 1. The van der Waals surface area contributed by atoms with Gasteiger partial charge >= 0.3 is 0 Å². The number of nitrogens with two attached hydrogens (primary N) is 1. The molecule has 0 bridgehead atoms. The average Bonchev–Trinajstić information content (AvgIpc) is 2.86. The largest absolute Gasteiger partial charge is 0.494 e. The lowest BCUT2D eigenvalue weighted by Gasteiger charge is -2.09. The number of fused-ring (bicyclic) bond motifs is 1. The van der Waals surface area contributed by atoms with Crippen LogP contribution < -0.4 is 15.3 Å². The second-order valence-electron chi connectivity index (χ2n) is 7.88. The Bertz CT molecular complexity index is 1300. The number of aromatic nitrogens is 1. The molecular weight excluding hydrogens is 412 g/mol. The first-order chi connectivity index (χ1) is 16.1. The number of nitrogens with zero attached hydrogens (tertiary/aromatic N) is 1. The van der Waals surface area contributed by atoms with Gasteiger partial charge in [-0.2, -0.15) is 0 Å². The van der Waals surface area contributed by atoms with E-state index in [2.05, 4.69) is 6.07 Å². The number of aryl methyl sites for hydroxylation is 2. The highest BCUT2D eigenvalue weighted by Crippen LogP contribution is 2.18. The number of para-hydroxylation sites is 1. The Morgan fingerprint density at radius 2 is 1.55 bits per heavy atom. The van der Waals surface area contributed by atoms with Crippen molar-refractivity contribution in [3.8, 4) is 5.75 Å². The smallest absolute Gasteiger partial charge is 0.242 e. The molecule has 0 saturated heterocycles. The zero-order chi connectivity index (χ0) is 23.2. The fourth-order valence-electron chi connectivity index (χ4n) is 4.02. The molecule has 0 aliphatic carbocycles. The van der Waals surface area contributed by atoms with Gasteiger partial charge in [0.15, 0.2) is 0 Å². The van der Waals surface area contributed by atoms with Gasteiger partial charge in [-0.1, -0.05) is 41.1 Å². The fourth-order valence-corrected chi connectivity index (χ4v) is 4.02. The van der Waals surface area contributed by atoms with Crippen molar-refractivity contribution in [2.45, 2.75) is 26.2 Å². The SMILES string of the molecule is CCOc1ccc(C(=O)C(=O)c2ccccc2CCCc2ccc3ccccc3[n+]2N)cc1. The Morgan fingerprint density at radius 3 is 2.33 bits per heavy atom. The second kappa shape index (κ2) is 10.1. The van der Waals surface area contributed by atoms with E-state index in [9.17, 15) is 9.59 Å². The lowest BCUT2D eigenvalue weighted by atomic mass is 9.94. The summed E-state index contributed by atoms with van der Waals surface area (Å²) in [7, 11) is 0. The topological polar surface area (TPSA) is 73.3 Å². The van der Waals surface area contributed by atoms with Gasteiger partial charge in [0.05, 0.1) is 6.61 Å². The molecule has 3 aromatic carbocycles. The molecule has 1 aromatic heterocycles. The first-order valence-corrected chi connectivity index (χ1v) is 11.2. The van der Waals surface area contributed by atoms with Gasteiger partial charge in [-0.3, -0.25) is 9.59 Å². The number of nitrogen functional groups attached to an aromatic ring is 1. The predicted molar refractivity (Wildman–Crippen MR) is 129 cm³/mol. The van der Waals surface area contributed by atoms with Crippen LogP contribution in [-0.4, -0.2) is 18.2 Å². The number of pyridine rings is 1. The third-order valence-electron chi connectivity index (χ3n) is 5.74. The Kier molecular flexibility index (Phi) is 6.79. The molecule has 0 fully saturated rings. The van der Waals surface area contributed by atoms with Crippen LogP contribution in [0.3, 0.4) is 0 Å². The van der Waals surface area contributed by atoms with Gasteiger partial charge in [0.25, 0.3) is 0 Å². The van der Waals surface area contributed by atoms with Gasteiger partial charge in [0.2, 0.25) is 22.8 Å². The lowest BCUT2D eigenvalue weighted by molar-refractivity contribution is -0.619. The van der Waals surface area contributed by atoms with E-state index in [1.54, 1.807) is 41.1 Å². The number of Topliss-reactive ketones (excluding diaryl/α,β-unsaturated/α-hetero) is 2. The quantitative estimate of drug-likeness (QED) is 0.181. The summed E-state index contributed by atoms with van der Waals surface area (Å²) >= 11 is 0. The van der Waals surface area contributed by atoms with Crippen molar-refractivity contribution < 1.29 is 19.0 Å². The molecule has 2 N–H and O–H groups in total. The highest BCUT2D eigenvalue weighted by atomic mass is 16.5. The Labute approximate surface area is 193 Å². The van der Waals surface area contributed by atoms with E-state index in [4.69, 9.17) is 10.6 Å². The van der Waals surface area contributed by atoms with Crippen LogP contribution in [0.4, 0.5) is 0 Å². The summed E-state index contributed by atoms with van der Waals surface area (Å²) in [6.45, 7) is 2.44. The van der Waals surface area contributed by atoms with E-state index >= 15 is 0 Å². The number of hydrogen-bond acceptors (Lipinski definition) is 4. The van der Waals surface area contributed by atoms with Crippen LogP contribution >= 0.6 is 0 Å². The van der Waals surface area contributed by atoms with Gasteiger partial charge in [-0.05, 0) is 61.7 Å². The molecule has 4 aromatic rings. The summed E-state index contributed by atoms with van der Waals surface area (Å²) in [5, 5.41) is 1.09. The third-order valence-corrected chi connectivity index (χ3v) is 5.74. The van der Waals surface area contributed by atoms with Crippen LogP contribution in [0.15, 0.2) is 84.9 Å². The lowest BCUT2D eigenvalue weighted by Crippen LogP contribution is -2.48. The summed E-state index contributed by atoms with van der Waals surface area (Å²) in [6, 6.07) is 26.1. The van der Waals surface area contributed by atoms with Gasteiger partial charge in [-0.15, -0.1) is 0 Å². The van der Waals surface area contributed by atoms with E-state index in [1.807, 2.05) is 49.4 Å². The maximum absolute atomic E-state index is 13.0. The minimum absolute atomic E-state index is 0.360. The van der Waals surface area contributed by atoms with Crippen LogP contribution in [-0.2, 0) is 12.8 Å². The van der Waals surface area contributed by atoms with E-state index in [0.29, 0.717) is 29.9 Å². The fraction of sp³-hybridized carbons (Fsp3) is 0.179. The van der Waals surface area contributed by atoms with E-state index < -0.39 is 11.6 Å². The molecule has 0 radical (unpaired) electrons. The van der Waals surface area contributed by atoms with Crippen LogP contribution in [0.1, 0.15) is 45.3 Å². The summed E-state index contributed by atoms with van der Waals surface area (Å²) in [5.74, 6) is 5.99. The molecule has 5 nitrogen and oxygen atoms in total. The van der Waals surface area contributed by atoms with Gasteiger partial charge in [0.1, 0.15) is 5.75 Å². The maximum atomic E-state index is 13.0. The highest BCUT2D eigenvalue weighted by molar-refractivity contribution is 6.49. The molecule has 1 heterocycles. The number of ketones is 2. The van der Waals surface area contributed by atoms with Crippen LogP contribution in [0.25, 0.3) is 10.9 Å². The minimum atomic E-state index is -0.514. The number of benzene rings is 3. The zero-order valence-electron chi connectivity index (χ0n) is 18.7. The van der Waals surface area contributed by atoms with Crippen molar-refractivity contribution in [3.05, 3.63) is 107 Å². The van der Waals surface area contributed by atoms with Crippen molar-refractivity contribution >= 4 is 22.5 Å². The van der Waals surface area contributed by atoms with Crippen LogP contribution in [0, 0.1) is 0 Å². The first-order valence-electron chi connectivity index (χ1n) is 11.2. The van der Waals surface area contributed by atoms with Gasteiger partial charge < -0.3 is 4.74 Å². The Hall–Kier alpha value is -3.99. The van der Waals surface area contributed by atoms with Crippen molar-refractivity contribution in [1.82, 2.24) is 0 Å². The van der Waals surface area contributed by atoms with Crippen molar-refractivity contribution in [1.29, 1.82) is 0 Å².